The quantitative estimate of drug-likeness (QED) is 0.329. The van der Waals surface area contributed by atoms with E-state index in [0.29, 0.717) is 13.2 Å². The van der Waals surface area contributed by atoms with Crippen LogP contribution in [0, 0.1) is 0 Å². The van der Waals surface area contributed by atoms with Crippen LogP contribution in [-0.2, 0) is 9.47 Å². The van der Waals surface area contributed by atoms with E-state index in [2.05, 4.69) is 0 Å². The first kappa shape index (κ1) is 17.8. The van der Waals surface area contributed by atoms with Crippen LogP contribution in [0.5, 0.6) is 0 Å². The van der Waals surface area contributed by atoms with Gasteiger partial charge in [-0.05, 0) is 12.8 Å². The molecule has 0 aliphatic rings. The Bertz CT molecular complexity index is 141. The summed E-state index contributed by atoms with van der Waals surface area (Å²) in [4.78, 5) is 0. The Morgan fingerprint density at radius 3 is 1.17 bits per heavy atom. The molecular formula is C12H26O6. The zero-order valence-corrected chi connectivity index (χ0v) is 10.8. The zero-order chi connectivity index (χ0) is 13.6. The number of unbranched alkanes of at least 4 members (excludes halogenated alkanes) is 3. The second kappa shape index (κ2) is 13.2. The van der Waals surface area contributed by atoms with Gasteiger partial charge in [0.1, 0.15) is 12.2 Å². The van der Waals surface area contributed by atoms with E-state index in [0.717, 1.165) is 25.7 Å². The number of aliphatic hydroxyl groups is 4. The van der Waals surface area contributed by atoms with Gasteiger partial charge in [-0.2, -0.15) is 0 Å². The topological polar surface area (TPSA) is 99.4 Å². The lowest BCUT2D eigenvalue weighted by molar-refractivity contribution is -0.0241. The molecule has 0 unspecified atom stereocenters. The molecule has 0 aromatic rings. The first-order chi connectivity index (χ1) is 8.78. The maximum absolute atomic E-state index is 8.76. The summed E-state index contributed by atoms with van der Waals surface area (Å²) in [7, 11) is 0. The number of hydrogen-bond donors (Lipinski definition) is 4. The molecular weight excluding hydrogens is 240 g/mol. The maximum Gasteiger partial charge on any atom is 0.104 e. The molecule has 6 nitrogen and oxygen atoms in total. The van der Waals surface area contributed by atoms with Gasteiger partial charge in [0.2, 0.25) is 0 Å². The normalized spacial score (nSPS) is 11.7. The van der Waals surface area contributed by atoms with Crippen LogP contribution in [0.1, 0.15) is 25.7 Å². The number of aliphatic hydroxyl groups excluding tert-OH is 4. The lowest BCUT2D eigenvalue weighted by Gasteiger charge is -2.13. The van der Waals surface area contributed by atoms with E-state index in [1.165, 1.54) is 0 Å². The van der Waals surface area contributed by atoms with Gasteiger partial charge in [-0.25, -0.2) is 0 Å². The minimum absolute atomic E-state index is 0.159. The highest BCUT2D eigenvalue weighted by Crippen LogP contribution is 2.03. The van der Waals surface area contributed by atoms with Gasteiger partial charge in [0.05, 0.1) is 26.4 Å². The first-order valence-electron chi connectivity index (χ1n) is 6.45. The molecule has 0 bridgehead atoms. The van der Waals surface area contributed by atoms with Gasteiger partial charge in [0, 0.05) is 13.2 Å². The Morgan fingerprint density at radius 2 is 0.889 bits per heavy atom. The lowest BCUT2D eigenvalue weighted by atomic mass is 10.2. The third-order valence-corrected chi connectivity index (χ3v) is 2.56. The van der Waals surface area contributed by atoms with E-state index < -0.39 is 12.2 Å². The van der Waals surface area contributed by atoms with Gasteiger partial charge in [-0.1, -0.05) is 12.8 Å². The molecule has 0 saturated carbocycles. The van der Waals surface area contributed by atoms with Crippen LogP contribution in [0.2, 0.25) is 0 Å². The Kier molecular flexibility index (Phi) is 13.0. The van der Waals surface area contributed by atoms with Gasteiger partial charge >= 0.3 is 0 Å². The van der Waals surface area contributed by atoms with Crippen molar-refractivity contribution in [2.24, 2.45) is 0 Å². The van der Waals surface area contributed by atoms with Crippen molar-refractivity contribution in [2.75, 3.05) is 39.6 Å². The van der Waals surface area contributed by atoms with Crippen molar-refractivity contribution in [3.05, 3.63) is 0 Å². The summed E-state index contributed by atoms with van der Waals surface area (Å²) >= 11 is 0. The third kappa shape index (κ3) is 9.76. The van der Waals surface area contributed by atoms with Crippen molar-refractivity contribution in [3.63, 3.8) is 0 Å². The molecule has 18 heavy (non-hydrogen) atoms. The molecule has 0 aromatic heterocycles. The van der Waals surface area contributed by atoms with Gasteiger partial charge in [0.25, 0.3) is 0 Å². The molecule has 0 aliphatic heterocycles. The zero-order valence-electron chi connectivity index (χ0n) is 10.8. The van der Waals surface area contributed by atoms with Crippen LogP contribution in [0.25, 0.3) is 0 Å². The first-order valence-corrected chi connectivity index (χ1v) is 6.45. The molecule has 0 atom stereocenters. The molecule has 0 fully saturated rings. The molecule has 6 heteroatoms. The fourth-order valence-corrected chi connectivity index (χ4v) is 1.38. The van der Waals surface area contributed by atoms with Crippen LogP contribution >= 0.6 is 0 Å². The Labute approximate surface area is 108 Å². The van der Waals surface area contributed by atoms with Crippen molar-refractivity contribution in [3.8, 4) is 0 Å². The molecule has 0 heterocycles. The highest BCUT2D eigenvalue weighted by atomic mass is 16.5. The van der Waals surface area contributed by atoms with Crippen molar-refractivity contribution < 1.29 is 29.9 Å². The molecule has 0 aliphatic carbocycles. The van der Waals surface area contributed by atoms with Crippen LogP contribution in [0.3, 0.4) is 0 Å². The summed E-state index contributed by atoms with van der Waals surface area (Å²) in [6.45, 7) is 0.426. The lowest BCUT2D eigenvalue weighted by Crippen LogP contribution is -2.22. The smallest absolute Gasteiger partial charge is 0.104 e. The minimum Gasteiger partial charge on any atom is -0.394 e. The van der Waals surface area contributed by atoms with Crippen molar-refractivity contribution in [2.45, 2.75) is 37.9 Å². The van der Waals surface area contributed by atoms with E-state index >= 15 is 0 Å². The highest BCUT2D eigenvalue weighted by Gasteiger charge is 2.05. The summed E-state index contributed by atoms with van der Waals surface area (Å²) in [6.07, 6.45) is 2.78. The molecule has 0 spiro atoms. The van der Waals surface area contributed by atoms with Gasteiger partial charge in [0.15, 0.2) is 0 Å². The van der Waals surface area contributed by atoms with Crippen molar-refractivity contribution >= 4 is 0 Å². The summed E-state index contributed by atoms with van der Waals surface area (Å²) in [5.74, 6) is 0. The van der Waals surface area contributed by atoms with E-state index in [4.69, 9.17) is 29.9 Å². The fourth-order valence-electron chi connectivity index (χ4n) is 1.38. The van der Waals surface area contributed by atoms with E-state index in [-0.39, 0.29) is 26.4 Å². The molecule has 4 N–H and O–H groups in total. The molecule has 0 radical (unpaired) electrons. The number of rotatable bonds is 13. The predicted molar refractivity (Wildman–Crippen MR) is 66.3 cm³/mol. The number of ether oxygens (including phenoxy) is 2. The fraction of sp³-hybridized carbons (Fsp3) is 1.00. The van der Waals surface area contributed by atoms with Crippen molar-refractivity contribution in [1.82, 2.24) is 0 Å². The minimum atomic E-state index is -0.469. The molecule has 0 amide bonds. The highest BCUT2D eigenvalue weighted by molar-refractivity contribution is 4.53. The summed E-state index contributed by atoms with van der Waals surface area (Å²) < 4.78 is 10.4. The Hall–Kier alpha value is -0.240. The second-order valence-electron chi connectivity index (χ2n) is 4.13. The Balaban J connectivity index is 3.21. The largest absolute Gasteiger partial charge is 0.394 e. The van der Waals surface area contributed by atoms with Crippen LogP contribution in [-0.4, -0.2) is 72.3 Å². The average molecular weight is 266 g/mol. The SMILES string of the molecule is OCC(CO)OCCCCCCOC(CO)CO. The predicted octanol–water partition coefficient (Wildman–Crippen LogP) is -0.714. The standard InChI is InChI=1S/C12H26O6/c13-7-11(8-14)17-5-3-1-2-4-6-18-12(9-15)10-16/h11-16H,1-10H2. The summed E-state index contributed by atoms with van der Waals surface area (Å²) in [5, 5.41) is 35.0. The monoisotopic (exact) mass is 266 g/mol. The maximum atomic E-state index is 8.76. The van der Waals surface area contributed by atoms with Gasteiger partial charge in [-0.3, -0.25) is 0 Å². The van der Waals surface area contributed by atoms with E-state index in [1.54, 1.807) is 0 Å². The number of hydrogen-bond acceptors (Lipinski definition) is 6. The molecule has 0 aromatic carbocycles. The van der Waals surface area contributed by atoms with Crippen LogP contribution < -0.4 is 0 Å². The van der Waals surface area contributed by atoms with Crippen LogP contribution in [0.15, 0.2) is 0 Å². The van der Waals surface area contributed by atoms with Gasteiger partial charge < -0.3 is 29.9 Å². The van der Waals surface area contributed by atoms with Crippen molar-refractivity contribution in [1.29, 1.82) is 0 Å². The summed E-state index contributed by atoms with van der Waals surface area (Å²) in [6, 6.07) is 0. The van der Waals surface area contributed by atoms with E-state index in [9.17, 15) is 0 Å². The van der Waals surface area contributed by atoms with E-state index in [1.807, 2.05) is 0 Å². The third-order valence-electron chi connectivity index (χ3n) is 2.56. The summed E-state index contributed by atoms with van der Waals surface area (Å²) in [5.41, 5.74) is 0. The molecule has 0 saturated heterocycles. The van der Waals surface area contributed by atoms with Crippen LogP contribution in [0.4, 0.5) is 0 Å². The second-order valence-corrected chi connectivity index (χ2v) is 4.13. The molecule has 0 rings (SSSR count). The average Bonchev–Trinajstić information content (AvgIpc) is 2.41. The van der Waals surface area contributed by atoms with Gasteiger partial charge in [-0.15, -0.1) is 0 Å². The Morgan fingerprint density at radius 1 is 0.556 bits per heavy atom. The molecule has 110 valence electrons.